The van der Waals surface area contributed by atoms with Crippen LogP contribution in [0, 0.1) is 0 Å². The van der Waals surface area contributed by atoms with Crippen LogP contribution in [-0.4, -0.2) is 29.1 Å². The lowest BCUT2D eigenvalue weighted by molar-refractivity contribution is -0.130. The summed E-state index contributed by atoms with van der Waals surface area (Å²) in [5.74, 6) is 0.297. The van der Waals surface area contributed by atoms with Gasteiger partial charge in [0.25, 0.3) is 0 Å². The first-order valence-electron chi connectivity index (χ1n) is 6.78. The SMILES string of the molecule is C[C@@H](Sc1ccccc1)C(=O)N1CCCCCC1. The van der Waals surface area contributed by atoms with Crippen LogP contribution in [0.5, 0.6) is 0 Å². The highest BCUT2D eigenvalue weighted by Gasteiger charge is 2.21. The molecule has 1 aliphatic heterocycles. The second kappa shape index (κ2) is 6.83. The number of hydrogen-bond acceptors (Lipinski definition) is 2. The minimum Gasteiger partial charge on any atom is -0.342 e. The molecule has 3 heteroatoms. The van der Waals surface area contributed by atoms with Crippen LogP contribution in [0.25, 0.3) is 0 Å². The van der Waals surface area contributed by atoms with Gasteiger partial charge in [-0.15, -0.1) is 11.8 Å². The minimum atomic E-state index is 0.0190. The van der Waals surface area contributed by atoms with E-state index in [2.05, 4.69) is 12.1 Å². The van der Waals surface area contributed by atoms with Crippen LogP contribution in [0.3, 0.4) is 0 Å². The molecule has 1 aromatic rings. The molecule has 0 radical (unpaired) electrons. The van der Waals surface area contributed by atoms with Crippen LogP contribution in [0.15, 0.2) is 35.2 Å². The second-order valence-electron chi connectivity index (χ2n) is 4.81. The number of hydrogen-bond donors (Lipinski definition) is 0. The zero-order chi connectivity index (χ0) is 12.8. The number of carbonyl (C=O) groups excluding carboxylic acids is 1. The fourth-order valence-electron chi connectivity index (χ4n) is 2.30. The second-order valence-corrected chi connectivity index (χ2v) is 6.23. The third-order valence-electron chi connectivity index (χ3n) is 3.32. The Hall–Kier alpha value is -0.960. The molecular weight excluding hydrogens is 242 g/mol. The molecule has 98 valence electrons. The average Bonchev–Trinajstić information content (AvgIpc) is 2.68. The number of nitrogens with zero attached hydrogens (tertiary/aromatic N) is 1. The molecule has 0 aliphatic carbocycles. The van der Waals surface area contributed by atoms with E-state index in [4.69, 9.17) is 0 Å². The van der Waals surface area contributed by atoms with Crippen molar-refractivity contribution in [3.05, 3.63) is 30.3 Å². The van der Waals surface area contributed by atoms with Crippen molar-refractivity contribution in [3.63, 3.8) is 0 Å². The largest absolute Gasteiger partial charge is 0.342 e. The van der Waals surface area contributed by atoms with Gasteiger partial charge in [-0.1, -0.05) is 31.0 Å². The molecule has 18 heavy (non-hydrogen) atoms. The number of thioether (sulfide) groups is 1. The number of benzene rings is 1. The standard InChI is InChI=1S/C15H21NOS/c1-13(18-14-9-5-4-6-10-14)15(17)16-11-7-2-3-8-12-16/h4-6,9-10,13H,2-3,7-8,11-12H2,1H3/t13-/m1/s1. The Morgan fingerprint density at radius 3 is 2.33 bits per heavy atom. The average molecular weight is 263 g/mol. The van der Waals surface area contributed by atoms with E-state index in [9.17, 15) is 4.79 Å². The Labute approximate surface area is 114 Å². The van der Waals surface area contributed by atoms with E-state index in [-0.39, 0.29) is 5.25 Å². The molecule has 1 aromatic carbocycles. The Morgan fingerprint density at radius 2 is 1.72 bits per heavy atom. The Balaban J connectivity index is 1.91. The lowest BCUT2D eigenvalue weighted by Crippen LogP contribution is -2.37. The van der Waals surface area contributed by atoms with Gasteiger partial charge in [0.2, 0.25) is 5.91 Å². The summed E-state index contributed by atoms with van der Waals surface area (Å²) in [6.07, 6.45) is 4.86. The van der Waals surface area contributed by atoms with E-state index < -0.39 is 0 Å². The molecular formula is C15H21NOS. The lowest BCUT2D eigenvalue weighted by Gasteiger charge is -2.23. The third kappa shape index (κ3) is 3.77. The highest BCUT2D eigenvalue weighted by atomic mass is 32.2. The van der Waals surface area contributed by atoms with Crippen LogP contribution in [0.4, 0.5) is 0 Å². The van der Waals surface area contributed by atoms with E-state index in [1.165, 1.54) is 17.7 Å². The molecule has 0 N–H and O–H groups in total. The van der Waals surface area contributed by atoms with Crippen molar-refractivity contribution in [1.82, 2.24) is 4.90 Å². The van der Waals surface area contributed by atoms with Crippen molar-refractivity contribution in [1.29, 1.82) is 0 Å². The van der Waals surface area contributed by atoms with Gasteiger partial charge in [-0.05, 0) is 31.9 Å². The van der Waals surface area contributed by atoms with Gasteiger partial charge in [0.15, 0.2) is 0 Å². The molecule has 1 atom stereocenters. The third-order valence-corrected chi connectivity index (χ3v) is 4.42. The van der Waals surface area contributed by atoms with E-state index in [1.54, 1.807) is 11.8 Å². The van der Waals surface area contributed by atoms with E-state index in [0.29, 0.717) is 5.91 Å². The van der Waals surface area contributed by atoms with Gasteiger partial charge in [0.1, 0.15) is 0 Å². The lowest BCUT2D eigenvalue weighted by atomic mass is 10.2. The van der Waals surface area contributed by atoms with Gasteiger partial charge in [-0.2, -0.15) is 0 Å². The molecule has 0 bridgehead atoms. The van der Waals surface area contributed by atoms with Gasteiger partial charge in [0, 0.05) is 18.0 Å². The summed E-state index contributed by atoms with van der Waals surface area (Å²) >= 11 is 1.66. The van der Waals surface area contributed by atoms with Gasteiger partial charge in [0.05, 0.1) is 5.25 Å². The normalized spacial score (nSPS) is 18.2. The molecule has 1 aliphatic rings. The minimum absolute atomic E-state index is 0.0190. The van der Waals surface area contributed by atoms with Crippen molar-refractivity contribution in [3.8, 4) is 0 Å². The fourth-order valence-corrected chi connectivity index (χ4v) is 3.27. The summed E-state index contributed by atoms with van der Waals surface area (Å²) in [6.45, 7) is 3.90. The molecule has 0 aromatic heterocycles. The number of amides is 1. The molecule has 0 unspecified atom stereocenters. The highest BCUT2D eigenvalue weighted by molar-refractivity contribution is 8.00. The van der Waals surface area contributed by atoms with Crippen molar-refractivity contribution in [2.75, 3.05) is 13.1 Å². The predicted octanol–water partition coefficient (Wildman–Crippen LogP) is 3.57. The molecule has 0 saturated carbocycles. The molecule has 2 nitrogen and oxygen atoms in total. The number of rotatable bonds is 3. The van der Waals surface area contributed by atoms with E-state index in [0.717, 1.165) is 25.9 Å². The topological polar surface area (TPSA) is 20.3 Å². The number of likely N-dealkylation sites (tertiary alicyclic amines) is 1. The maximum absolute atomic E-state index is 12.4. The quantitative estimate of drug-likeness (QED) is 0.777. The van der Waals surface area contributed by atoms with Gasteiger partial charge in [-0.3, -0.25) is 4.79 Å². The first-order valence-corrected chi connectivity index (χ1v) is 7.66. The van der Waals surface area contributed by atoms with Gasteiger partial charge >= 0.3 is 0 Å². The van der Waals surface area contributed by atoms with Gasteiger partial charge < -0.3 is 4.90 Å². The first-order chi connectivity index (χ1) is 8.77. The summed E-state index contributed by atoms with van der Waals surface area (Å²) in [5.41, 5.74) is 0. The zero-order valence-corrected chi connectivity index (χ0v) is 11.8. The van der Waals surface area contributed by atoms with Crippen molar-refractivity contribution < 1.29 is 4.79 Å². The molecule has 1 heterocycles. The van der Waals surface area contributed by atoms with Crippen LogP contribution in [-0.2, 0) is 4.79 Å². The van der Waals surface area contributed by atoms with Crippen molar-refractivity contribution in [2.24, 2.45) is 0 Å². The summed E-state index contributed by atoms with van der Waals surface area (Å²) in [4.78, 5) is 15.6. The predicted molar refractivity (Wildman–Crippen MR) is 76.8 cm³/mol. The summed E-state index contributed by atoms with van der Waals surface area (Å²) in [7, 11) is 0. The Kier molecular flexibility index (Phi) is 5.12. The van der Waals surface area contributed by atoms with Crippen LogP contribution >= 0.6 is 11.8 Å². The maximum Gasteiger partial charge on any atom is 0.235 e. The van der Waals surface area contributed by atoms with Crippen LogP contribution < -0.4 is 0 Å². The summed E-state index contributed by atoms with van der Waals surface area (Å²) in [5, 5.41) is 0.0190. The van der Waals surface area contributed by atoms with Gasteiger partial charge in [-0.25, -0.2) is 0 Å². The van der Waals surface area contributed by atoms with Crippen molar-refractivity contribution in [2.45, 2.75) is 42.8 Å². The highest BCUT2D eigenvalue weighted by Crippen LogP contribution is 2.24. The van der Waals surface area contributed by atoms with Crippen LogP contribution in [0.2, 0.25) is 0 Å². The molecule has 1 saturated heterocycles. The Morgan fingerprint density at radius 1 is 1.11 bits per heavy atom. The van der Waals surface area contributed by atoms with E-state index >= 15 is 0 Å². The summed E-state index contributed by atoms with van der Waals surface area (Å²) < 4.78 is 0. The smallest absolute Gasteiger partial charge is 0.235 e. The monoisotopic (exact) mass is 263 g/mol. The zero-order valence-electron chi connectivity index (χ0n) is 11.0. The molecule has 1 amide bonds. The first kappa shape index (κ1) is 13.5. The Bertz CT molecular complexity index is 371. The van der Waals surface area contributed by atoms with Crippen LogP contribution in [0.1, 0.15) is 32.6 Å². The molecule has 0 spiro atoms. The van der Waals surface area contributed by atoms with E-state index in [1.807, 2.05) is 30.0 Å². The summed E-state index contributed by atoms with van der Waals surface area (Å²) in [6, 6.07) is 10.2. The molecule has 2 rings (SSSR count). The molecule has 1 fully saturated rings. The van der Waals surface area contributed by atoms with Crippen molar-refractivity contribution >= 4 is 17.7 Å². The maximum atomic E-state index is 12.4. The fraction of sp³-hybridized carbons (Fsp3) is 0.533. The number of carbonyl (C=O) groups is 1.